The van der Waals surface area contributed by atoms with E-state index in [2.05, 4.69) is 10.0 Å². The predicted octanol–water partition coefficient (Wildman–Crippen LogP) is 2.26. The van der Waals surface area contributed by atoms with Crippen LogP contribution in [-0.4, -0.2) is 40.1 Å². The van der Waals surface area contributed by atoms with E-state index in [0.29, 0.717) is 24.2 Å². The maximum atomic E-state index is 13.6. The Morgan fingerprint density at radius 2 is 1.89 bits per heavy atom. The lowest BCUT2D eigenvalue weighted by Crippen LogP contribution is -2.32. The minimum absolute atomic E-state index is 0.0886. The Bertz CT molecular complexity index is 910. The molecule has 1 heterocycles. The molecule has 2 aromatic rings. The fraction of sp³-hybridized carbons (Fsp3) is 0.350. The Hall–Kier alpha value is -2.29. The molecule has 0 saturated carbocycles. The molecule has 28 heavy (non-hydrogen) atoms. The molecule has 1 unspecified atom stereocenters. The summed E-state index contributed by atoms with van der Waals surface area (Å²) < 4.78 is 46.2. The van der Waals surface area contributed by atoms with Crippen LogP contribution in [-0.2, 0) is 21.2 Å². The van der Waals surface area contributed by atoms with Crippen molar-refractivity contribution in [3.8, 4) is 0 Å². The van der Waals surface area contributed by atoms with Gasteiger partial charge in [0.15, 0.2) is 0 Å². The van der Waals surface area contributed by atoms with Crippen LogP contribution in [0, 0.1) is 5.82 Å². The van der Waals surface area contributed by atoms with Crippen LogP contribution in [0.2, 0.25) is 0 Å². The summed E-state index contributed by atoms with van der Waals surface area (Å²) in [7, 11) is -3.65. The minimum atomic E-state index is -3.65. The molecule has 2 aromatic carbocycles. The molecule has 0 radical (unpaired) electrons. The van der Waals surface area contributed by atoms with Crippen molar-refractivity contribution in [2.45, 2.75) is 30.3 Å². The lowest BCUT2D eigenvalue weighted by atomic mass is 10.1. The quantitative estimate of drug-likeness (QED) is 0.704. The summed E-state index contributed by atoms with van der Waals surface area (Å²) in [6.45, 7) is 1.18. The molecule has 150 valence electrons. The molecule has 1 atom stereocenters. The van der Waals surface area contributed by atoms with Crippen LogP contribution in [0.4, 0.5) is 4.39 Å². The van der Waals surface area contributed by atoms with E-state index in [9.17, 15) is 17.6 Å². The van der Waals surface area contributed by atoms with Crippen LogP contribution < -0.4 is 10.0 Å². The van der Waals surface area contributed by atoms with Crippen molar-refractivity contribution < 1.29 is 22.3 Å². The van der Waals surface area contributed by atoms with Crippen LogP contribution in [0.5, 0.6) is 0 Å². The monoisotopic (exact) mass is 406 g/mol. The number of hydrogen-bond donors (Lipinski definition) is 2. The smallest absolute Gasteiger partial charge is 0.251 e. The highest BCUT2D eigenvalue weighted by atomic mass is 32.2. The topological polar surface area (TPSA) is 84.5 Å². The van der Waals surface area contributed by atoms with E-state index in [-0.39, 0.29) is 35.8 Å². The van der Waals surface area contributed by atoms with Gasteiger partial charge < -0.3 is 10.1 Å². The summed E-state index contributed by atoms with van der Waals surface area (Å²) in [6, 6.07) is 12.1. The van der Waals surface area contributed by atoms with Gasteiger partial charge in [0.25, 0.3) is 5.91 Å². The van der Waals surface area contributed by atoms with Crippen molar-refractivity contribution in [1.82, 2.24) is 10.0 Å². The van der Waals surface area contributed by atoms with Gasteiger partial charge >= 0.3 is 0 Å². The number of carbonyl (C=O) groups excluding carboxylic acids is 1. The number of ether oxygens (including phenoxy) is 1. The third-order valence-corrected chi connectivity index (χ3v) is 6.03. The summed E-state index contributed by atoms with van der Waals surface area (Å²) in [6.07, 6.45) is 2.06. The third kappa shape index (κ3) is 5.37. The van der Waals surface area contributed by atoms with Crippen LogP contribution in [0.1, 0.15) is 28.8 Å². The standard InChI is InChI=1S/C20H23FN2O4S/c21-19-6-2-1-4-15(19)11-12-22-20(24)16-7-9-18(10-8-16)28(25,26)23-14-17-5-3-13-27-17/h1-2,4,6-10,17,23H,3,5,11-14H2,(H,22,24). The number of rotatable bonds is 8. The second-order valence-corrected chi connectivity index (χ2v) is 8.38. The molecule has 1 aliphatic rings. The Morgan fingerprint density at radius 1 is 1.14 bits per heavy atom. The normalized spacial score (nSPS) is 16.8. The molecule has 1 fully saturated rings. The van der Waals surface area contributed by atoms with Gasteiger partial charge in [0, 0.05) is 25.3 Å². The van der Waals surface area contributed by atoms with E-state index >= 15 is 0 Å². The molecule has 0 aromatic heterocycles. The third-order valence-electron chi connectivity index (χ3n) is 4.59. The number of hydrogen-bond acceptors (Lipinski definition) is 4. The largest absolute Gasteiger partial charge is 0.377 e. The summed E-state index contributed by atoms with van der Waals surface area (Å²) in [4.78, 5) is 12.3. The van der Waals surface area contributed by atoms with Crippen molar-refractivity contribution in [2.75, 3.05) is 19.7 Å². The van der Waals surface area contributed by atoms with E-state index < -0.39 is 10.0 Å². The first-order chi connectivity index (χ1) is 13.5. The van der Waals surface area contributed by atoms with Crippen molar-refractivity contribution in [2.24, 2.45) is 0 Å². The molecular weight excluding hydrogens is 383 g/mol. The molecule has 0 spiro atoms. The van der Waals surface area contributed by atoms with Gasteiger partial charge in [-0.25, -0.2) is 17.5 Å². The molecule has 1 aliphatic heterocycles. The lowest BCUT2D eigenvalue weighted by molar-refractivity contribution is 0.0954. The van der Waals surface area contributed by atoms with Gasteiger partial charge in [-0.2, -0.15) is 0 Å². The van der Waals surface area contributed by atoms with Gasteiger partial charge in [-0.3, -0.25) is 4.79 Å². The summed E-state index contributed by atoms with van der Waals surface area (Å²) in [5.41, 5.74) is 0.869. The Labute approximate surface area is 164 Å². The Balaban J connectivity index is 1.52. The number of halogens is 1. The molecule has 0 bridgehead atoms. The Morgan fingerprint density at radius 3 is 2.57 bits per heavy atom. The molecule has 6 nitrogen and oxygen atoms in total. The first-order valence-electron chi connectivity index (χ1n) is 9.18. The highest BCUT2D eigenvalue weighted by Gasteiger charge is 2.20. The zero-order chi connectivity index (χ0) is 20.0. The van der Waals surface area contributed by atoms with Gasteiger partial charge in [-0.1, -0.05) is 18.2 Å². The average molecular weight is 406 g/mol. The van der Waals surface area contributed by atoms with Gasteiger partial charge in [-0.15, -0.1) is 0 Å². The first-order valence-corrected chi connectivity index (χ1v) is 10.7. The van der Waals surface area contributed by atoms with Crippen LogP contribution in [0.25, 0.3) is 0 Å². The van der Waals surface area contributed by atoms with E-state index in [4.69, 9.17) is 4.74 Å². The SMILES string of the molecule is O=C(NCCc1ccccc1F)c1ccc(S(=O)(=O)NCC2CCCO2)cc1. The van der Waals surface area contributed by atoms with Gasteiger partial charge in [0.2, 0.25) is 10.0 Å². The van der Waals surface area contributed by atoms with Gasteiger partial charge in [0.1, 0.15) is 5.82 Å². The van der Waals surface area contributed by atoms with Gasteiger partial charge in [-0.05, 0) is 55.2 Å². The zero-order valence-electron chi connectivity index (χ0n) is 15.4. The Kier molecular flexibility index (Phi) is 6.77. The molecule has 8 heteroatoms. The molecular formula is C20H23FN2O4S. The van der Waals surface area contributed by atoms with E-state index in [1.165, 1.54) is 30.3 Å². The van der Waals surface area contributed by atoms with E-state index in [1.54, 1.807) is 18.2 Å². The van der Waals surface area contributed by atoms with Crippen molar-refractivity contribution in [3.63, 3.8) is 0 Å². The highest BCUT2D eigenvalue weighted by molar-refractivity contribution is 7.89. The van der Waals surface area contributed by atoms with Crippen molar-refractivity contribution in [3.05, 3.63) is 65.5 Å². The maximum Gasteiger partial charge on any atom is 0.251 e. The fourth-order valence-corrected chi connectivity index (χ4v) is 4.06. The number of carbonyl (C=O) groups is 1. The molecule has 1 amide bonds. The molecule has 3 rings (SSSR count). The highest BCUT2D eigenvalue weighted by Crippen LogP contribution is 2.14. The number of nitrogens with one attached hydrogen (secondary N) is 2. The van der Waals surface area contributed by atoms with E-state index in [0.717, 1.165) is 12.8 Å². The van der Waals surface area contributed by atoms with E-state index in [1.807, 2.05) is 0 Å². The van der Waals surface area contributed by atoms with Crippen LogP contribution in [0.15, 0.2) is 53.4 Å². The predicted molar refractivity (Wildman–Crippen MR) is 103 cm³/mol. The second kappa shape index (κ2) is 9.27. The summed E-state index contributed by atoms with van der Waals surface area (Å²) >= 11 is 0. The van der Waals surface area contributed by atoms with Crippen LogP contribution in [0.3, 0.4) is 0 Å². The van der Waals surface area contributed by atoms with Gasteiger partial charge in [0.05, 0.1) is 11.0 Å². The van der Waals surface area contributed by atoms with Crippen molar-refractivity contribution >= 4 is 15.9 Å². The lowest BCUT2D eigenvalue weighted by Gasteiger charge is -2.12. The van der Waals surface area contributed by atoms with Crippen molar-refractivity contribution in [1.29, 1.82) is 0 Å². The molecule has 2 N–H and O–H groups in total. The number of benzene rings is 2. The van der Waals surface area contributed by atoms with Crippen LogP contribution >= 0.6 is 0 Å². The second-order valence-electron chi connectivity index (χ2n) is 6.61. The number of amides is 1. The average Bonchev–Trinajstić information content (AvgIpc) is 3.22. The summed E-state index contributed by atoms with van der Waals surface area (Å²) in [5.74, 6) is -0.644. The summed E-state index contributed by atoms with van der Waals surface area (Å²) in [5, 5.41) is 2.71. The maximum absolute atomic E-state index is 13.6. The number of sulfonamides is 1. The zero-order valence-corrected chi connectivity index (χ0v) is 16.2. The molecule has 0 aliphatic carbocycles. The first kappa shape index (κ1) is 20.4. The minimum Gasteiger partial charge on any atom is -0.377 e. The fourth-order valence-electron chi connectivity index (χ4n) is 2.99. The molecule has 1 saturated heterocycles.